The van der Waals surface area contributed by atoms with Crippen molar-refractivity contribution in [3.05, 3.63) is 11.6 Å². The van der Waals surface area contributed by atoms with Crippen LogP contribution in [0.5, 0.6) is 0 Å². The number of carbonyl (C=O) groups is 2. The molecule has 4 aliphatic carbocycles. The summed E-state index contributed by atoms with van der Waals surface area (Å²) in [6, 6.07) is 0. The molecule has 2 nitrogen and oxygen atoms in total. The molecule has 0 saturated heterocycles. The van der Waals surface area contributed by atoms with E-state index in [2.05, 4.69) is 13.2 Å². The van der Waals surface area contributed by atoms with Gasteiger partial charge in [0.25, 0.3) is 0 Å². The summed E-state index contributed by atoms with van der Waals surface area (Å²) < 4.78 is 0. The van der Waals surface area contributed by atoms with Gasteiger partial charge in [0, 0.05) is 29.4 Å². The van der Waals surface area contributed by atoms with E-state index >= 15 is 0 Å². The summed E-state index contributed by atoms with van der Waals surface area (Å²) in [4.78, 5) is 24.6. The van der Waals surface area contributed by atoms with Crippen LogP contribution in [0.3, 0.4) is 0 Å². The standard InChI is InChI=1S/C20H28O2S2/c1-19-9-8-17-15(16(19)5-6-18(19)22)4-3-13-11-14(21)7-10-20(13,17)12-24-23-2/h11,15-17H,3-10,12H2,1-2H3/t15-,16-,17-,19-,20+/m0/s1. The number of rotatable bonds is 3. The Morgan fingerprint density at radius 3 is 2.71 bits per heavy atom. The topological polar surface area (TPSA) is 34.1 Å². The molecule has 0 bridgehead atoms. The Balaban J connectivity index is 1.70. The molecule has 4 heteroatoms. The number of hydrogen-bond donors (Lipinski definition) is 0. The maximum absolute atomic E-state index is 12.5. The summed E-state index contributed by atoms with van der Waals surface area (Å²) >= 11 is 0. The number of ketones is 2. The Hall–Kier alpha value is -0.220. The molecule has 0 unspecified atom stereocenters. The fourth-order valence-electron chi connectivity index (χ4n) is 6.57. The first-order chi connectivity index (χ1) is 11.5. The fourth-order valence-corrected chi connectivity index (χ4v) is 8.42. The Morgan fingerprint density at radius 2 is 1.92 bits per heavy atom. The van der Waals surface area contributed by atoms with Gasteiger partial charge in [0.05, 0.1) is 0 Å². The fraction of sp³-hybridized carbons (Fsp3) is 0.800. The van der Waals surface area contributed by atoms with Crippen LogP contribution in [-0.4, -0.2) is 23.6 Å². The van der Waals surface area contributed by atoms with E-state index in [0.29, 0.717) is 29.3 Å². The van der Waals surface area contributed by atoms with Gasteiger partial charge in [-0.15, -0.1) is 0 Å². The summed E-state index contributed by atoms with van der Waals surface area (Å²) in [5.74, 6) is 3.99. The second-order valence-electron chi connectivity index (χ2n) is 8.55. The van der Waals surface area contributed by atoms with E-state index < -0.39 is 0 Å². The molecule has 24 heavy (non-hydrogen) atoms. The Kier molecular flexibility index (Phi) is 4.44. The summed E-state index contributed by atoms with van der Waals surface area (Å²) in [7, 11) is 3.83. The highest BCUT2D eigenvalue weighted by Crippen LogP contribution is 2.65. The van der Waals surface area contributed by atoms with E-state index in [4.69, 9.17) is 0 Å². The average Bonchev–Trinajstić information content (AvgIpc) is 2.88. The van der Waals surface area contributed by atoms with Gasteiger partial charge in [-0.1, -0.05) is 34.1 Å². The normalized spacial score (nSPS) is 44.6. The van der Waals surface area contributed by atoms with E-state index in [1.165, 1.54) is 18.4 Å². The maximum Gasteiger partial charge on any atom is 0.155 e. The molecule has 0 N–H and O–H groups in total. The van der Waals surface area contributed by atoms with Crippen LogP contribution < -0.4 is 0 Å². The quantitative estimate of drug-likeness (QED) is 0.654. The van der Waals surface area contributed by atoms with Crippen molar-refractivity contribution in [3.63, 3.8) is 0 Å². The van der Waals surface area contributed by atoms with Gasteiger partial charge < -0.3 is 0 Å². The van der Waals surface area contributed by atoms with Crippen LogP contribution in [0.4, 0.5) is 0 Å². The van der Waals surface area contributed by atoms with Crippen molar-refractivity contribution in [2.75, 3.05) is 12.0 Å². The maximum atomic E-state index is 12.5. The van der Waals surface area contributed by atoms with Crippen LogP contribution in [0.15, 0.2) is 11.6 Å². The first kappa shape index (κ1) is 17.2. The minimum absolute atomic E-state index is 0.0410. The number of allylic oxidation sites excluding steroid dienone is 1. The third kappa shape index (κ3) is 2.39. The molecule has 0 radical (unpaired) electrons. The van der Waals surface area contributed by atoms with E-state index in [-0.39, 0.29) is 10.8 Å². The molecule has 0 heterocycles. The van der Waals surface area contributed by atoms with Crippen LogP contribution in [-0.2, 0) is 9.59 Å². The molecule has 4 rings (SSSR count). The van der Waals surface area contributed by atoms with Gasteiger partial charge in [-0.25, -0.2) is 0 Å². The minimum Gasteiger partial charge on any atom is -0.299 e. The monoisotopic (exact) mass is 364 g/mol. The van der Waals surface area contributed by atoms with Crippen molar-refractivity contribution in [1.82, 2.24) is 0 Å². The lowest BCUT2D eigenvalue weighted by Gasteiger charge is -2.57. The number of carbonyl (C=O) groups excluding carboxylic acids is 2. The molecule has 0 aromatic carbocycles. The van der Waals surface area contributed by atoms with E-state index in [0.717, 1.165) is 44.3 Å². The van der Waals surface area contributed by atoms with Crippen molar-refractivity contribution in [1.29, 1.82) is 0 Å². The van der Waals surface area contributed by atoms with Crippen LogP contribution in [0, 0.1) is 28.6 Å². The summed E-state index contributed by atoms with van der Waals surface area (Å²) in [6.45, 7) is 2.25. The van der Waals surface area contributed by atoms with Gasteiger partial charge in [0.15, 0.2) is 5.78 Å². The zero-order valence-corrected chi connectivity index (χ0v) is 16.4. The molecule has 0 aromatic rings. The van der Waals surface area contributed by atoms with Gasteiger partial charge >= 0.3 is 0 Å². The van der Waals surface area contributed by atoms with Crippen molar-refractivity contribution in [3.8, 4) is 0 Å². The number of hydrogen-bond acceptors (Lipinski definition) is 4. The highest BCUT2D eigenvalue weighted by Gasteiger charge is 2.60. The zero-order valence-electron chi connectivity index (χ0n) is 14.8. The largest absolute Gasteiger partial charge is 0.299 e. The first-order valence-electron chi connectivity index (χ1n) is 9.44. The van der Waals surface area contributed by atoms with Gasteiger partial charge in [-0.05, 0) is 68.6 Å². The average molecular weight is 365 g/mol. The van der Waals surface area contributed by atoms with E-state index in [1.807, 2.05) is 27.7 Å². The molecule has 132 valence electrons. The van der Waals surface area contributed by atoms with E-state index in [1.54, 1.807) is 0 Å². The number of fused-ring (bicyclic) bond motifs is 5. The molecule has 3 fully saturated rings. The summed E-state index contributed by atoms with van der Waals surface area (Å²) in [5, 5.41) is 0. The highest BCUT2D eigenvalue weighted by molar-refractivity contribution is 8.76. The molecule has 3 saturated carbocycles. The Bertz CT molecular complexity index is 598. The lowest BCUT2D eigenvalue weighted by Crippen LogP contribution is -2.52. The molecular weight excluding hydrogens is 336 g/mol. The molecular formula is C20H28O2S2. The lowest BCUT2D eigenvalue weighted by molar-refractivity contribution is -0.132. The molecule has 5 atom stereocenters. The molecule has 0 spiro atoms. The van der Waals surface area contributed by atoms with Gasteiger partial charge in [0.1, 0.15) is 5.78 Å². The highest BCUT2D eigenvalue weighted by atomic mass is 33.1. The Morgan fingerprint density at radius 1 is 1.08 bits per heavy atom. The van der Waals surface area contributed by atoms with Crippen LogP contribution in [0.2, 0.25) is 0 Å². The smallest absolute Gasteiger partial charge is 0.155 e. The minimum atomic E-state index is -0.0410. The molecule has 0 aromatic heterocycles. The van der Waals surface area contributed by atoms with E-state index in [9.17, 15) is 9.59 Å². The zero-order chi connectivity index (χ0) is 16.9. The third-order valence-electron chi connectivity index (χ3n) is 7.83. The van der Waals surface area contributed by atoms with Crippen LogP contribution in [0.25, 0.3) is 0 Å². The predicted octanol–water partition coefficient (Wildman–Crippen LogP) is 5.08. The first-order valence-corrected chi connectivity index (χ1v) is 12.2. The predicted molar refractivity (Wildman–Crippen MR) is 102 cm³/mol. The van der Waals surface area contributed by atoms with Crippen molar-refractivity contribution in [2.24, 2.45) is 28.6 Å². The van der Waals surface area contributed by atoms with Gasteiger partial charge in [0.2, 0.25) is 0 Å². The molecule has 0 aliphatic heterocycles. The second kappa shape index (κ2) is 6.19. The SMILES string of the molecule is CSSC[C@]12CCC(=O)C=C1CC[C@@H]1[C@@H]2CC[C@]2(C)C(=O)CC[C@@H]12. The Labute approximate surface area is 153 Å². The molecule has 4 aliphatic rings. The van der Waals surface area contributed by atoms with Crippen molar-refractivity contribution < 1.29 is 9.59 Å². The lowest BCUT2D eigenvalue weighted by atomic mass is 9.47. The summed E-state index contributed by atoms with van der Waals surface area (Å²) in [5.41, 5.74) is 1.65. The van der Waals surface area contributed by atoms with Crippen LogP contribution in [0.1, 0.15) is 58.3 Å². The van der Waals surface area contributed by atoms with Gasteiger partial charge in [-0.3, -0.25) is 9.59 Å². The number of Topliss-reactive ketones (excluding diaryl/α,β-unsaturated/α-hetero) is 1. The third-order valence-corrected chi connectivity index (χ3v) is 9.76. The second-order valence-corrected chi connectivity index (χ2v) is 11.1. The molecule has 0 amide bonds. The van der Waals surface area contributed by atoms with Crippen molar-refractivity contribution >= 4 is 33.2 Å². The summed E-state index contributed by atoms with van der Waals surface area (Å²) in [6.07, 6.45) is 12.4. The van der Waals surface area contributed by atoms with Gasteiger partial charge in [-0.2, -0.15) is 0 Å². The van der Waals surface area contributed by atoms with Crippen LogP contribution >= 0.6 is 21.6 Å². The van der Waals surface area contributed by atoms with Crippen molar-refractivity contribution in [2.45, 2.75) is 58.3 Å².